The minimum Gasteiger partial charge on any atom is -0.103 e. The molecule has 0 aliphatic carbocycles. The van der Waals surface area contributed by atoms with Gasteiger partial charge < -0.3 is 0 Å². The molecular weight excluding hydrogens is 168 g/mol. The van der Waals surface area contributed by atoms with Crippen molar-refractivity contribution in [2.75, 3.05) is 0 Å². The van der Waals surface area contributed by atoms with Crippen LogP contribution in [0.1, 0.15) is 46.0 Å². The zero-order valence-corrected chi connectivity index (χ0v) is 9.71. The number of allylic oxidation sites excluding steroid dienone is 5. The molecule has 0 aromatic rings. The van der Waals surface area contributed by atoms with Crippen molar-refractivity contribution in [1.29, 1.82) is 0 Å². The molecule has 1 atom stereocenters. The van der Waals surface area contributed by atoms with Gasteiger partial charge in [-0.2, -0.15) is 0 Å². The van der Waals surface area contributed by atoms with Crippen molar-refractivity contribution < 1.29 is 0 Å². The third kappa shape index (κ3) is 7.85. The number of hydrogen-bond donors (Lipinski definition) is 0. The van der Waals surface area contributed by atoms with Gasteiger partial charge in [0.15, 0.2) is 0 Å². The number of rotatable bonds is 8. The zero-order chi connectivity index (χ0) is 10.6. The highest BCUT2D eigenvalue weighted by molar-refractivity contribution is 4.91. The lowest BCUT2D eigenvalue weighted by molar-refractivity contribution is 0.638. The summed E-state index contributed by atoms with van der Waals surface area (Å²) in [6.07, 6.45) is 17.0. The Balaban J connectivity index is 3.43. The van der Waals surface area contributed by atoms with Gasteiger partial charge in [0, 0.05) is 0 Å². The van der Waals surface area contributed by atoms with E-state index in [1.165, 1.54) is 19.3 Å². The van der Waals surface area contributed by atoms with Gasteiger partial charge in [-0.25, -0.2) is 0 Å². The molecule has 0 heteroatoms. The van der Waals surface area contributed by atoms with Gasteiger partial charge in [0.1, 0.15) is 0 Å². The predicted octanol–water partition coefficient (Wildman–Crippen LogP) is 4.89. The van der Waals surface area contributed by atoms with Crippen LogP contribution < -0.4 is 0 Å². The van der Waals surface area contributed by atoms with Crippen LogP contribution in [-0.2, 0) is 0 Å². The quantitative estimate of drug-likeness (QED) is 0.379. The lowest BCUT2D eigenvalue weighted by Gasteiger charge is -2.03. The normalized spacial score (nSPS) is 13.9. The van der Waals surface area contributed by atoms with Gasteiger partial charge in [-0.1, -0.05) is 44.2 Å². The summed E-state index contributed by atoms with van der Waals surface area (Å²) in [7, 11) is 0. The van der Waals surface area contributed by atoms with E-state index in [4.69, 9.17) is 0 Å². The summed E-state index contributed by atoms with van der Waals surface area (Å²) in [6.45, 7) is 8.21. The molecule has 0 saturated heterocycles. The Hall–Kier alpha value is -0.780. The third-order valence-corrected chi connectivity index (χ3v) is 2.37. The van der Waals surface area contributed by atoms with Crippen LogP contribution in [0.2, 0.25) is 0 Å². The van der Waals surface area contributed by atoms with Gasteiger partial charge >= 0.3 is 0 Å². The molecular formula is C14H24. The molecule has 0 radical (unpaired) electrons. The molecule has 0 bridgehead atoms. The fraction of sp³-hybridized carbons (Fsp3) is 0.571. The Morgan fingerprint density at radius 3 is 2.14 bits per heavy atom. The fourth-order valence-electron chi connectivity index (χ4n) is 1.30. The Labute approximate surface area is 89.4 Å². The van der Waals surface area contributed by atoms with Gasteiger partial charge in [0.25, 0.3) is 0 Å². The van der Waals surface area contributed by atoms with Crippen LogP contribution in [0.3, 0.4) is 0 Å². The summed E-state index contributed by atoms with van der Waals surface area (Å²) in [5.41, 5.74) is 0. The molecule has 0 N–H and O–H groups in total. The highest BCUT2D eigenvalue weighted by atomic mass is 14.0. The van der Waals surface area contributed by atoms with Crippen LogP contribution in [0, 0.1) is 5.92 Å². The van der Waals surface area contributed by atoms with Crippen molar-refractivity contribution in [2.45, 2.75) is 46.0 Å². The van der Waals surface area contributed by atoms with E-state index in [0.717, 1.165) is 12.8 Å². The minimum absolute atomic E-state index is 0.664. The van der Waals surface area contributed by atoms with E-state index in [1.54, 1.807) is 0 Å². The van der Waals surface area contributed by atoms with Crippen LogP contribution in [0.25, 0.3) is 0 Å². The molecule has 0 aliphatic rings. The van der Waals surface area contributed by atoms with Crippen molar-refractivity contribution in [2.24, 2.45) is 5.92 Å². The summed E-state index contributed by atoms with van der Waals surface area (Å²) >= 11 is 0. The van der Waals surface area contributed by atoms with Gasteiger partial charge in [-0.15, -0.1) is 6.58 Å². The molecule has 14 heavy (non-hydrogen) atoms. The summed E-state index contributed by atoms with van der Waals surface area (Å²) < 4.78 is 0. The lowest BCUT2D eigenvalue weighted by atomic mass is 10.0. The van der Waals surface area contributed by atoms with E-state index in [-0.39, 0.29) is 0 Å². The molecule has 0 nitrogen and oxygen atoms in total. The smallest absolute Gasteiger partial charge is 0.0204 e. The second-order valence-corrected chi connectivity index (χ2v) is 3.57. The zero-order valence-electron chi connectivity index (χ0n) is 9.71. The molecule has 0 aliphatic heterocycles. The van der Waals surface area contributed by atoms with Gasteiger partial charge in [0.05, 0.1) is 0 Å². The van der Waals surface area contributed by atoms with E-state index in [9.17, 15) is 0 Å². The summed E-state index contributed by atoms with van der Waals surface area (Å²) in [4.78, 5) is 0. The van der Waals surface area contributed by atoms with Crippen molar-refractivity contribution >= 4 is 0 Å². The van der Waals surface area contributed by atoms with E-state index in [0.29, 0.717) is 5.92 Å². The summed E-state index contributed by atoms with van der Waals surface area (Å²) in [5.74, 6) is 0.664. The number of unbranched alkanes of at least 4 members (excludes halogenated alkanes) is 1. The van der Waals surface area contributed by atoms with Crippen LogP contribution in [-0.4, -0.2) is 0 Å². The first-order valence-corrected chi connectivity index (χ1v) is 5.77. The first-order chi connectivity index (χ1) is 6.85. The van der Waals surface area contributed by atoms with Crippen molar-refractivity contribution in [3.8, 4) is 0 Å². The average molecular weight is 192 g/mol. The molecule has 0 rings (SSSR count). The maximum Gasteiger partial charge on any atom is -0.0204 e. The molecule has 0 amide bonds. The minimum atomic E-state index is 0.664. The first kappa shape index (κ1) is 13.2. The van der Waals surface area contributed by atoms with Gasteiger partial charge in [-0.3, -0.25) is 0 Å². The molecule has 1 unspecified atom stereocenters. The molecule has 0 fully saturated rings. The van der Waals surface area contributed by atoms with E-state index in [1.807, 2.05) is 0 Å². The molecule has 0 aromatic carbocycles. The SMILES string of the molecule is C=CC(CC)C/C=C/CC/C=C\CC. The van der Waals surface area contributed by atoms with Crippen LogP contribution in [0.4, 0.5) is 0 Å². The summed E-state index contributed by atoms with van der Waals surface area (Å²) in [5, 5.41) is 0. The topological polar surface area (TPSA) is 0 Å². The van der Waals surface area contributed by atoms with Gasteiger partial charge in [0.2, 0.25) is 0 Å². The lowest BCUT2D eigenvalue weighted by Crippen LogP contribution is -1.89. The molecule has 80 valence electrons. The number of hydrogen-bond acceptors (Lipinski definition) is 0. The van der Waals surface area contributed by atoms with Crippen LogP contribution in [0.15, 0.2) is 37.0 Å². The maximum atomic E-state index is 3.83. The Bertz CT molecular complexity index is 174. The van der Waals surface area contributed by atoms with E-state index >= 15 is 0 Å². The van der Waals surface area contributed by atoms with Crippen LogP contribution in [0.5, 0.6) is 0 Å². The van der Waals surface area contributed by atoms with E-state index in [2.05, 4.69) is 50.8 Å². The monoisotopic (exact) mass is 192 g/mol. The first-order valence-electron chi connectivity index (χ1n) is 5.77. The Kier molecular flexibility index (Phi) is 9.73. The molecule has 0 aromatic heterocycles. The van der Waals surface area contributed by atoms with Crippen molar-refractivity contribution in [3.63, 3.8) is 0 Å². The summed E-state index contributed by atoms with van der Waals surface area (Å²) in [6, 6.07) is 0. The standard InChI is InChI=1S/C14H24/c1-4-7-8-9-10-11-12-13-14(5-2)6-3/h5,7-8,11-12,14H,2,4,6,9-10,13H2,1,3H3/b8-7-,12-11+. The van der Waals surface area contributed by atoms with Crippen molar-refractivity contribution in [1.82, 2.24) is 0 Å². The third-order valence-electron chi connectivity index (χ3n) is 2.37. The highest BCUT2D eigenvalue weighted by Gasteiger charge is 1.95. The molecule has 0 heterocycles. The Morgan fingerprint density at radius 1 is 1.00 bits per heavy atom. The predicted molar refractivity (Wildman–Crippen MR) is 66.4 cm³/mol. The largest absolute Gasteiger partial charge is 0.103 e. The Morgan fingerprint density at radius 2 is 1.64 bits per heavy atom. The van der Waals surface area contributed by atoms with Crippen molar-refractivity contribution in [3.05, 3.63) is 37.0 Å². The maximum absolute atomic E-state index is 3.83. The second kappa shape index (κ2) is 10.3. The average Bonchev–Trinajstić information content (AvgIpc) is 2.22. The molecule has 0 saturated carbocycles. The van der Waals surface area contributed by atoms with Crippen LogP contribution >= 0.6 is 0 Å². The second-order valence-electron chi connectivity index (χ2n) is 3.57. The highest BCUT2D eigenvalue weighted by Crippen LogP contribution is 2.09. The van der Waals surface area contributed by atoms with Gasteiger partial charge in [-0.05, 0) is 38.0 Å². The molecule has 0 spiro atoms. The van der Waals surface area contributed by atoms with E-state index < -0.39 is 0 Å². The fourth-order valence-corrected chi connectivity index (χ4v) is 1.30.